The maximum Gasteiger partial charge on any atom is 0.244 e. The Morgan fingerprint density at radius 2 is 1.94 bits per heavy atom. The highest BCUT2D eigenvalue weighted by Gasteiger charge is 2.30. The lowest BCUT2D eigenvalue weighted by molar-refractivity contribution is 0.320. The summed E-state index contributed by atoms with van der Waals surface area (Å²) in [6.45, 7) is 0.922. The van der Waals surface area contributed by atoms with E-state index < -0.39 is 10.0 Å². The predicted molar refractivity (Wildman–Crippen MR) is 75.1 cm³/mol. The van der Waals surface area contributed by atoms with Crippen LogP contribution in [0, 0.1) is 0 Å². The first kappa shape index (κ1) is 14.3. The van der Waals surface area contributed by atoms with E-state index in [1.54, 1.807) is 18.2 Å². The van der Waals surface area contributed by atoms with Gasteiger partial charge >= 0.3 is 0 Å². The van der Waals surface area contributed by atoms with Crippen molar-refractivity contribution in [3.8, 4) is 0 Å². The molecular weight excluding hydrogens is 340 g/mol. The first-order valence-electron chi connectivity index (χ1n) is 5.62. The molecule has 1 aliphatic heterocycles. The fraction of sp³-hybridized carbons (Fsp3) is 0.455. The van der Waals surface area contributed by atoms with Gasteiger partial charge in [0.1, 0.15) is 0 Å². The summed E-state index contributed by atoms with van der Waals surface area (Å²) in [4.78, 5) is 0.213. The molecule has 1 aromatic rings. The van der Waals surface area contributed by atoms with E-state index in [2.05, 4.69) is 15.9 Å². The summed E-state index contributed by atoms with van der Waals surface area (Å²) >= 11 is 9.16. The van der Waals surface area contributed by atoms with Gasteiger partial charge in [0.05, 0.1) is 14.4 Å². The van der Waals surface area contributed by atoms with E-state index >= 15 is 0 Å². The van der Waals surface area contributed by atoms with Crippen LogP contribution < -0.4 is 5.73 Å². The number of piperidine rings is 1. The Balaban J connectivity index is 2.34. The second-order valence-corrected chi connectivity index (χ2v) is 7.40. The smallest absolute Gasteiger partial charge is 0.244 e. The van der Waals surface area contributed by atoms with Crippen molar-refractivity contribution in [3.05, 3.63) is 27.7 Å². The first-order valence-corrected chi connectivity index (χ1v) is 8.24. The van der Waals surface area contributed by atoms with Crippen molar-refractivity contribution >= 4 is 37.6 Å². The molecule has 0 aromatic heterocycles. The van der Waals surface area contributed by atoms with Gasteiger partial charge in [0, 0.05) is 19.1 Å². The average molecular weight is 354 g/mol. The molecule has 0 unspecified atom stereocenters. The molecule has 0 saturated carbocycles. The van der Waals surface area contributed by atoms with E-state index in [-0.39, 0.29) is 10.9 Å². The van der Waals surface area contributed by atoms with Gasteiger partial charge in [-0.2, -0.15) is 4.31 Å². The van der Waals surface area contributed by atoms with Crippen molar-refractivity contribution in [2.75, 3.05) is 13.1 Å². The molecule has 2 N–H and O–H groups in total. The Bertz CT molecular complexity index is 542. The van der Waals surface area contributed by atoms with E-state index in [1.807, 2.05) is 0 Å². The lowest BCUT2D eigenvalue weighted by Crippen LogP contribution is -2.42. The molecule has 2 rings (SSSR count). The number of benzene rings is 1. The van der Waals surface area contributed by atoms with E-state index in [0.29, 0.717) is 35.4 Å². The second-order valence-electron chi connectivity index (χ2n) is 4.29. The zero-order valence-electron chi connectivity index (χ0n) is 9.64. The van der Waals surface area contributed by atoms with Gasteiger partial charge in [0.2, 0.25) is 10.0 Å². The monoisotopic (exact) mass is 352 g/mol. The zero-order chi connectivity index (χ0) is 13.3. The van der Waals surface area contributed by atoms with E-state index in [0.717, 1.165) is 0 Å². The van der Waals surface area contributed by atoms with Crippen LogP contribution in [0.1, 0.15) is 12.8 Å². The van der Waals surface area contributed by atoms with Crippen LogP contribution in [0.3, 0.4) is 0 Å². The maximum atomic E-state index is 12.5. The third-order valence-electron chi connectivity index (χ3n) is 3.03. The summed E-state index contributed by atoms with van der Waals surface area (Å²) in [5.74, 6) is 0. The van der Waals surface area contributed by atoms with Crippen LogP contribution in [-0.2, 0) is 10.0 Å². The van der Waals surface area contributed by atoms with Crippen LogP contribution in [0.15, 0.2) is 27.6 Å². The van der Waals surface area contributed by atoms with Gasteiger partial charge in [0.25, 0.3) is 0 Å². The number of nitrogens with two attached hydrogens (primary N) is 1. The number of halogens is 2. The highest BCUT2D eigenvalue weighted by molar-refractivity contribution is 9.10. The number of hydrogen-bond acceptors (Lipinski definition) is 3. The Morgan fingerprint density at radius 1 is 1.33 bits per heavy atom. The number of rotatable bonds is 2. The van der Waals surface area contributed by atoms with Crippen LogP contribution in [0.5, 0.6) is 0 Å². The summed E-state index contributed by atoms with van der Waals surface area (Å²) in [5, 5.41) is 0.393. The van der Waals surface area contributed by atoms with Gasteiger partial charge in [-0.1, -0.05) is 17.7 Å². The SMILES string of the molecule is NC1CCN(S(=O)(=O)c2cccc(Cl)c2Br)CC1. The van der Waals surface area contributed by atoms with Crippen molar-refractivity contribution in [1.82, 2.24) is 4.31 Å². The van der Waals surface area contributed by atoms with Gasteiger partial charge in [-0.05, 0) is 40.9 Å². The largest absolute Gasteiger partial charge is 0.328 e. The molecule has 0 radical (unpaired) electrons. The van der Waals surface area contributed by atoms with E-state index in [9.17, 15) is 8.42 Å². The fourth-order valence-corrected chi connectivity index (χ4v) is 4.60. The molecule has 7 heteroatoms. The number of hydrogen-bond donors (Lipinski definition) is 1. The van der Waals surface area contributed by atoms with Crippen LogP contribution in [0.4, 0.5) is 0 Å². The van der Waals surface area contributed by atoms with Crippen molar-refractivity contribution in [2.24, 2.45) is 5.73 Å². The van der Waals surface area contributed by atoms with E-state index in [4.69, 9.17) is 17.3 Å². The minimum absolute atomic E-state index is 0.0965. The molecule has 0 amide bonds. The summed E-state index contributed by atoms with van der Waals surface area (Å²) in [6.07, 6.45) is 1.38. The summed E-state index contributed by atoms with van der Waals surface area (Å²) < 4.78 is 26.8. The molecule has 1 heterocycles. The standard InChI is InChI=1S/C11H14BrClN2O2S/c12-11-9(13)2-1-3-10(11)18(16,17)15-6-4-8(14)5-7-15/h1-3,8H,4-7,14H2. The van der Waals surface area contributed by atoms with Crippen molar-refractivity contribution in [2.45, 2.75) is 23.8 Å². The van der Waals surface area contributed by atoms with Crippen LogP contribution in [-0.4, -0.2) is 31.9 Å². The van der Waals surface area contributed by atoms with Crippen LogP contribution in [0.25, 0.3) is 0 Å². The summed E-state index contributed by atoms with van der Waals surface area (Å²) in [5.41, 5.74) is 5.78. The molecule has 1 saturated heterocycles. The molecule has 0 bridgehead atoms. The molecule has 4 nitrogen and oxygen atoms in total. The molecule has 1 aromatic carbocycles. The minimum atomic E-state index is -3.49. The number of nitrogens with zero attached hydrogens (tertiary/aromatic N) is 1. The normalized spacial score (nSPS) is 19.1. The van der Waals surface area contributed by atoms with Gasteiger partial charge < -0.3 is 5.73 Å². The van der Waals surface area contributed by atoms with Crippen LogP contribution >= 0.6 is 27.5 Å². The topological polar surface area (TPSA) is 63.4 Å². The Labute approximate surface area is 120 Å². The van der Waals surface area contributed by atoms with Gasteiger partial charge in [-0.15, -0.1) is 0 Å². The molecule has 18 heavy (non-hydrogen) atoms. The van der Waals surface area contributed by atoms with Crippen LogP contribution in [0.2, 0.25) is 5.02 Å². The van der Waals surface area contributed by atoms with Gasteiger partial charge in [-0.3, -0.25) is 0 Å². The Hall–Kier alpha value is -0.140. The van der Waals surface area contributed by atoms with E-state index in [1.165, 1.54) is 4.31 Å². The number of sulfonamides is 1. The zero-order valence-corrected chi connectivity index (χ0v) is 12.8. The fourth-order valence-electron chi connectivity index (χ4n) is 1.94. The maximum absolute atomic E-state index is 12.5. The lowest BCUT2D eigenvalue weighted by atomic mass is 10.1. The minimum Gasteiger partial charge on any atom is -0.328 e. The molecular formula is C11H14BrClN2O2S. The molecule has 0 atom stereocenters. The van der Waals surface area contributed by atoms with Crippen molar-refractivity contribution in [3.63, 3.8) is 0 Å². The molecule has 1 aliphatic rings. The average Bonchev–Trinajstić information content (AvgIpc) is 2.33. The molecule has 0 spiro atoms. The van der Waals surface area contributed by atoms with Gasteiger partial charge in [0.15, 0.2) is 0 Å². The summed E-state index contributed by atoms with van der Waals surface area (Å²) in [6, 6.07) is 4.94. The first-order chi connectivity index (χ1) is 8.43. The second kappa shape index (κ2) is 5.46. The quantitative estimate of drug-likeness (QED) is 0.886. The predicted octanol–water partition coefficient (Wildman–Crippen LogP) is 2.21. The van der Waals surface area contributed by atoms with Gasteiger partial charge in [-0.25, -0.2) is 8.42 Å². The third kappa shape index (κ3) is 2.72. The highest BCUT2D eigenvalue weighted by atomic mass is 79.9. The summed E-state index contributed by atoms with van der Waals surface area (Å²) in [7, 11) is -3.49. The third-order valence-corrected chi connectivity index (χ3v) is 6.63. The molecule has 100 valence electrons. The highest BCUT2D eigenvalue weighted by Crippen LogP contribution is 2.32. The van der Waals surface area contributed by atoms with Crippen molar-refractivity contribution < 1.29 is 8.42 Å². The molecule has 1 fully saturated rings. The molecule has 0 aliphatic carbocycles. The van der Waals surface area contributed by atoms with Crippen molar-refractivity contribution in [1.29, 1.82) is 0 Å². The Kier molecular flexibility index (Phi) is 4.33. The Morgan fingerprint density at radius 3 is 2.56 bits per heavy atom. The lowest BCUT2D eigenvalue weighted by Gasteiger charge is -2.29.